The van der Waals surface area contributed by atoms with Gasteiger partial charge in [-0.3, -0.25) is 4.79 Å². The standard InChI is InChI=1S/C19H21N3O2/c1-14-13-19(24,16-9-11-17(12-10-16)21(2)3)22(20-14)18(23)15-7-5-4-6-8-15/h4-12,24H,13H2,1-3H3/t19-/m0/s1. The summed E-state index contributed by atoms with van der Waals surface area (Å²) >= 11 is 0. The topological polar surface area (TPSA) is 56.1 Å². The number of carbonyl (C=O) groups is 1. The van der Waals surface area contributed by atoms with Gasteiger partial charge in [-0.2, -0.15) is 10.1 Å². The van der Waals surface area contributed by atoms with Crippen molar-refractivity contribution in [3.8, 4) is 0 Å². The Morgan fingerprint density at radius 3 is 2.33 bits per heavy atom. The van der Waals surface area contributed by atoms with Gasteiger partial charge in [0, 0.05) is 43.0 Å². The first-order chi connectivity index (χ1) is 11.4. The first-order valence-electron chi connectivity index (χ1n) is 7.86. The zero-order valence-electron chi connectivity index (χ0n) is 14.1. The number of anilines is 1. The number of hydrogen-bond donors (Lipinski definition) is 1. The molecule has 1 aliphatic rings. The van der Waals surface area contributed by atoms with E-state index in [9.17, 15) is 9.90 Å². The Morgan fingerprint density at radius 1 is 1.12 bits per heavy atom. The summed E-state index contributed by atoms with van der Waals surface area (Å²) in [6, 6.07) is 16.4. The van der Waals surface area contributed by atoms with E-state index in [0.717, 1.165) is 11.4 Å². The van der Waals surface area contributed by atoms with Crippen LogP contribution in [0.4, 0.5) is 5.69 Å². The highest BCUT2D eigenvalue weighted by Crippen LogP contribution is 2.36. The number of hydrogen-bond acceptors (Lipinski definition) is 4. The lowest BCUT2D eigenvalue weighted by Gasteiger charge is -2.32. The maximum Gasteiger partial charge on any atom is 0.276 e. The summed E-state index contributed by atoms with van der Waals surface area (Å²) in [5.74, 6) is -0.313. The van der Waals surface area contributed by atoms with Crippen LogP contribution >= 0.6 is 0 Å². The number of amides is 1. The van der Waals surface area contributed by atoms with Gasteiger partial charge >= 0.3 is 0 Å². The van der Waals surface area contributed by atoms with E-state index >= 15 is 0 Å². The Labute approximate surface area is 141 Å². The van der Waals surface area contributed by atoms with E-state index in [1.54, 1.807) is 24.3 Å². The van der Waals surface area contributed by atoms with Crippen LogP contribution in [0.5, 0.6) is 0 Å². The van der Waals surface area contributed by atoms with Crippen molar-refractivity contribution in [2.45, 2.75) is 19.1 Å². The third kappa shape index (κ3) is 2.78. The minimum atomic E-state index is -1.46. The van der Waals surface area contributed by atoms with Crippen LogP contribution in [0.1, 0.15) is 29.3 Å². The Morgan fingerprint density at radius 2 is 1.75 bits per heavy atom. The van der Waals surface area contributed by atoms with Gasteiger partial charge < -0.3 is 10.0 Å². The maximum atomic E-state index is 12.8. The van der Waals surface area contributed by atoms with Crippen LogP contribution < -0.4 is 4.90 Å². The van der Waals surface area contributed by atoms with Crippen molar-refractivity contribution < 1.29 is 9.90 Å². The quantitative estimate of drug-likeness (QED) is 0.945. The molecule has 0 fully saturated rings. The molecule has 1 amide bonds. The van der Waals surface area contributed by atoms with E-state index < -0.39 is 5.72 Å². The fourth-order valence-electron chi connectivity index (χ4n) is 2.89. The fourth-order valence-corrected chi connectivity index (χ4v) is 2.89. The van der Waals surface area contributed by atoms with Crippen LogP contribution in [0.3, 0.4) is 0 Å². The number of hydrazone groups is 1. The molecule has 1 N–H and O–H groups in total. The van der Waals surface area contributed by atoms with Gasteiger partial charge in [-0.05, 0) is 31.2 Å². The molecule has 1 atom stereocenters. The lowest BCUT2D eigenvalue weighted by atomic mass is 9.97. The normalized spacial score (nSPS) is 20.0. The molecule has 24 heavy (non-hydrogen) atoms. The van der Waals surface area contributed by atoms with Gasteiger partial charge in [0.15, 0.2) is 5.72 Å². The summed E-state index contributed by atoms with van der Waals surface area (Å²) < 4.78 is 0. The summed E-state index contributed by atoms with van der Waals surface area (Å²) in [7, 11) is 3.91. The molecule has 2 aromatic rings. The molecular weight excluding hydrogens is 302 g/mol. The molecule has 0 aliphatic carbocycles. The molecule has 5 nitrogen and oxygen atoms in total. The van der Waals surface area contributed by atoms with Crippen molar-refractivity contribution in [2.24, 2.45) is 5.10 Å². The molecule has 1 aliphatic heterocycles. The molecular formula is C19H21N3O2. The van der Waals surface area contributed by atoms with Crippen molar-refractivity contribution >= 4 is 17.3 Å². The van der Waals surface area contributed by atoms with Crippen LogP contribution in [0, 0.1) is 0 Å². The maximum absolute atomic E-state index is 12.8. The van der Waals surface area contributed by atoms with Crippen molar-refractivity contribution in [1.29, 1.82) is 0 Å². The highest BCUT2D eigenvalue weighted by Gasteiger charge is 2.45. The first-order valence-corrected chi connectivity index (χ1v) is 7.86. The van der Waals surface area contributed by atoms with Crippen LogP contribution in [0.25, 0.3) is 0 Å². The lowest BCUT2D eigenvalue weighted by molar-refractivity contribution is -0.0765. The summed E-state index contributed by atoms with van der Waals surface area (Å²) in [6.45, 7) is 1.82. The van der Waals surface area contributed by atoms with Crippen LogP contribution in [-0.4, -0.2) is 35.8 Å². The molecule has 2 aromatic carbocycles. The molecule has 0 bridgehead atoms. The predicted octanol–water partition coefficient (Wildman–Crippen LogP) is 2.82. The molecule has 0 unspecified atom stereocenters. The predicted molar refractivity (Wildman–Crippen MR) is 95.0 cm³/mol. The van der Waals surface area contributed by atoms with Gasteiger partial charge in [-0.1, -0.05) is 30.3 Å². The molecule has 0 radical (unpaired) electrons. The number of aliphatic hydroxyl groups is 1. The minimum Gasteiger partial charge on any atom is -0.378 e. The first kappa shape index (κ1) is 16.2. The summed E-state index contributed by atoms with van der Waals surface area (Å²) in [4.78, 5) is 14.8. The lowest BCUT2D eigenvalue weighted by Crippen LogP contribution is -2.43. The zero-order valence-corrected chi connectivity index (χ0v) is 14.1. The largest absolute Gasteiger partial charge is 0.378 e. The second kappa shape index (κ2) is 6.09. The second-order valence-corrected chi connectivity index (χ2v) is 6.25. The van der Waals surface area contributed by atoms with E-state index in [4.69, 9.17) is 0 Å². The average molecular weight is 323 g/mol. The van der Waals surface area contributed by atoms with Crippen molar-refractivity contribution in [2.75, 3.05) is 19.0 Å². The van der Waals surface area contributed by atoms with Crippen molar-refractivity contribution in [1.82, 2.24) is 5.01 Å². The van der Waals surface area contributed by atoms with Crippen molar-refractivity contribution in [3.05, 3.63) is 65.7 Å². The third-order valence-electron chi connectivity index (χ3n) is 4.18. The second-order valence-electron chi connectivity index (χ2n) is 6.25. The Hall–Kier alpha value is -2.66. The van der Waals surface area contributed by atoms with Gasteiger partial charge in [0.2, 0.25) is 0 Å². The highest BCUT2D eigenvalue weighted by atomic mass is 16.3. The molecule has 0 saturated heterocycles. The highest BCUT2D eigenvalue weighted by molar-refractivity contribution is 5.97. The smallest absolute Gasteiger partial charge is 0.276 e. The molecule has 5 heteroatoms. The molecule has 0 aromatic heterocycles. The number of benzene rings is 2. The molecule has 0 saturated carbocycles. The van der Waals surface area contributed by atoms with E-state index in [-0.39, 0.29) is 5.91 Å². The minimum absolute atomic E-state index is 0.298. The summed E-state index contributed by atoms with van der Waals surface area (Å²) in [5, 5.41) is 16.7. The fraction of sp³-hybridized carbons (Fsp3) is 0.263. The van der Waals surface area contributed by atoms with E-state index in [2.05, 4.69) is 5.10 Å². The summed E-state index contributed by atoms with van der Waals surface area (Å²) in [5.41, 5.74) is 1.44. The van der Waals surface area contributed by atoms with Gasteiger partial charge in [0.05, 0.1) is 0 Å². The summed E-state index contributed by atoms with van der Waals surface area (Å²) in [6.07, 6.45) is 0.298. The molecule has 3 rings (SSSR count). The van der Waals surface area contributed by atoms with Gasteiger partial charge in [0.1, 0.15) is 0 Å². The van der Waals surface area contributed by atoms with E-state index in [1.807, 2.05) is 56.3 Å². The van der Waals surface area contributed by atoms with Crippen LogP contribution in [-0.2, 0) is 5.72 Å². The van der Waals surface area contributed by atoms with E-state index in [1.165, 1.54) is 5.01 Å². The SMILES string of the molecule is CC1=NN(C(=O)c2ccccc2)[C@@](O)(c2ccc(N(C)C)cc2)C1. The van der Waals surface area contributed by atoms with Gasteiger partial charge in [0.25, 0.3) is 5.91 Å². The number of rotatable bonds is 3. The molecule has 0 spiro atoms. The Bertz CT molecular complexity index is 769. The third-order valence-corrected chi connectivity index (χ3v) is 4.18. The number of nitrogens with zero attached hydrogens (tertiary/aromatic N) is 3. The molecule has 124 valence electrons. The van der Waals surface area contributed by atoms with Gasteiger partial charge in [-0.25, -0.2) is 0 Å². The van der Waals surface area contributed by atoms with Crippen LogP contribution in [0.2, 0.25) is 0 Å². The monoisotopic (exact) mass is 323 g/mol. The zero-order chi connectivity index (χ0) is 17.3. The molecule has 1 heterocycles. The van der Waals surface area contributed by atoms with Crippen molar-refractivity contribution in [3.63, 3.8) is 0 Å². The van der Waals surface area contributed by atoms with E-state index in [0.29, 0.717) is 17.5 Å². The average Bonchev–Trinajstić information content (AvgIpc) is 2.91. The van der Waals surface area contributed by atoms with Gasteiger partial charge in [-0.15, -0.1) is 0 Å². The Balaban J connectivity index is 1.97. The number of carbonyl (C=O) groups excluding carboxylic acids is 1. The Kier molecular flexibility index (Phi) is 4.11. The van der Waals surface area contributed by atoms with Crippen LogP contribution in [0.15, 0.2) is 59.7 Å².